The van der Waals surface area contributed by atoms with Gasteiger partial charge in [-0.2, -0.15) is 0 Å². The fourth-order valence-corrected chi connectivity index (χ4v) is 6.64. The molecule has 0 aliphatic heterocycles. The lowest BCUT2D eigenvalue weighted by Crippen LogP contribution is -2.39. The molecule has 3 aliphatic rings. The molecule has 0 unspecified atom stereocenters. The predicted molar refractivity (Wildman–Crippen MR) is 125 cm³/mol. The van der Waals surface area contributed by atoms with E-state index in [2.05, 4.69) is 32.6 Å². The second-order valence-electron chi connectivity index (χ2n) is 11.4. The van der Waals surface area contributed by atoms with Crippen LogP contribution in [0.15, 0.2) is 35.5 Å². The van der Waals surface area contributed by atoms with E-state index in [-0.39, 0.29) is 17.4 Å². The number of hydrogen-bond donors (Lipinski definition) is 4. The van der Waals surface area contributed by atoms with Crippen molar-refractivity contribution in [2.24, 2.45) is 23.2 Å². The van der Waals surface area contributed by atoms with E-state index in [1.165, 1.54) is 12.0 Å². The van der Waals surface area contributed by atoms with Crippen LogP contribution in [-0.2, 0) is 0 Å². The Balaban J connectivity index is 1.74. The van der Waals surface area contributed by atoms with Crippen molar-refractivity contribution < 1.29 is 20.4 Å². The van der Waals surface area contributed by atoms with Crippen molar-refractivity contribution in [3.63, 3.8) is 0 Å². The molecule has 0 bridgehead atoms. The van der Waals surface area contributed by atoms with E-state index in [1.54, 1.807) is 0 Å². The van der Waals surface area contributed by atoms with Crippen LogP contribution in [0, 0.1) is 23.2 Å². The summed E-state index contributed by atoms with van der Waals surface area (Å²) in [4.78, 5) is 0. The molecule has 4 N–H and O–H groups in total. The van der Waals surface area contributed by atoms with Crippen molar-refractivity contribution in [2.45, 2.75) is 109 Å². The van der Waals surface area contributed by atoms with Gasteiger partial charge < -0.3 is 20.4 Å². The summed E-state index contributed by atoms with van der Waals surface area (Å²) in [5.41, 5.74) is 2.65. The zero-order valence-electron chi connectivity index (χ0n) is 20.0. The molecule has 0 amide bonds. The van der Waals surface area contributed by atoms with Gasteiger partial charge in [-0.3, -0.25) is 0 Å². The maximum atomic E-state index is 10.9. The lowest BCUT2D eigenvalue weighted by molar-refractivity contribution is -0.00259. The van der Waals surface area contributed by atoms with Crippen molar-refractivity contribution in [1.82, 2.24) is 0 Å². The molecule has 176 valence electrons. The number of rotatable bonds is 6. The van der Waals surface area contributed by atoms with Crippen LogP contribution in [0.3, 0.4) is 0 Å². The quantitative estimate of drug-likeness (QED) is 0.491. The Kier molecular flexibility index (Phi) is 7.57. The molecule has 4 heteroatoms. The minimum atomic E-state index is -0.735. The van der Waals surface area contributed by atoms with Gasteiger partial charge in [-0.25, -0.2) is 0 Å². The molecule has 0 aromatic rings. The second-order valence-corrected chi connectivity index (χ2v) is 11.4. The topological polar surface area (TPSA) is 80.9 Å². The van der Waals surface area contributed by atoms with Crippen LogP contribution >= 0.6 is 0 Å². The minimum Gasteiger partial charge on any atom is -0.393 e. The van der Waals surface area contributed by atoms with Gasteiger partial charge in [0.1, 0.15) is 0 Å². The summed E-state index contributed by atoms with van der Waals surface area (Å²) in [6.45, 7) is 12.3. The van der Waals surface area contributed by atoms with Gasteiger partial charge in [0.25, 0.3) is 0 Å². The third-order valence-electron chi connectivity index (χ3n) is 8.60. The highest BCUT2D eigenvalue weighted by molar-refractivity contribution is 5.38. The van der Waals surface area contributed by atoms with E-state index >= 15 is 0 Å². The van der Waals surface area contributed by atoms with Crippen molar-refractivity contribution in [3.05, 3.63) is 35.5 Å². The van der Waals surface area contributed by atoms with E-state index in [1.807, 2.05) is 13.8 Å². The SMILES string of the molecule is C=C1/C(=C/C=C2\CCC[C@]3(C)[C@@H]([C@@H](C)[C@H](O)CCC(C)(C)O)CC[C@@H]23)C[C@@H](O)C[C@@H]1O. The van der Waals surface area contributed by atoms with Gasteiger partial charge in [0, 0.05) is 6.42 Å². The van der Waals surface area contributed by atoms with Crippen molar-refractivity contribution >= 4 is 0 Å². The van der Waals surface area contributed by atoms with Gasteiger partial charge >= 0.3 is 0 Å². The normalized spacial score (nSPS) is 39.0. The summed E-state index contributed by atoms with van der Waals surface area (Å²) in [7, 11) is 0. The maximum absolute atomic E-state index is 10.9. The monoisotopic (exact) mass is 432 g/mol. The standard InChI is InChI=1S/C27H44O4/c1-17-20(15-21(28)16-25(17)30)9-8-19-7-6-13-27(5)22(10-11-23(19)27)18(2)24(29)12-14-26(3,4)31/h8-9,18,21-25,28-31H,1,6-7,10-16H2,2-5H3/b19-8+,20-9+/t18-,21-,22-,23+,24-,25+,27-/m1/s1. The van der Waals surface area contributed by atoms with E-state index in [0.29, 0.717) is 37.5 Å². The Labute approximate surface area is 188 Å². The smallest absolute Gasteiger partial charge is 0.0811 e. The van der Waals surface area contributed by atoms with Crippen LogP contribution in [0.5, 0.6) is 0 Å². The fourth-order valence-electron chi connectivity index (χ4n) is 6.64. The molecule has 3 rings (SSSR count). The van der Waals surface area contributed by atoms with Crippen molar-refractivity contribution in [2.75, 3.05) is 0 Å². The zero-order valence-corrected chi connectivity index (χ0v) is 20.0. The second kappa shape index (κ2) is 9.51. The first kappa shape index (κ1) is 24.7. The summed E-state index contributed by atoms with van der Waals surface area (Å²) in [6, 6.07) is 0. The number of aliphatic hydroxyl groups excluding tert-OH is 3. The molecule has 0 aromatic carbocycles. The first-order chi connectivity index (χ1) is 14.4. The number of allylic oxidation sites excluding steroid dienone is 3. The molecule has 3 fully saturated rings. The Morgan fingerprint density at radius 1 is 1.23 bits per heavy atom. The zero-order chi connectivity index (χ0) is 23.0. The van der Waals surface area contributed by atoms with E-state index < -0.39 is 17.8 Å². The first-order valence-electron chi connectivity index (χ1n) is 12.3. The molecule has 7 atom stereocenters. The molecule has 0 saturated heterocycles. The molecule has 4 nitrogen and oxygen atoms in total. The Morgan fingerprint density at radius 2 is 1.94 bits per heavy atom. The Bertz CT molecular complexity index is 715. The van der Waals surface area contributed by atoms with Crippen LogP contribution in [0.4, 0.5) is 0 Å². The fraction of sp³-hybridized carbons (Fsp3) is 0.778. The van der Waals surface area contributed by atoms with Crippen molar-refractivity contribution in [1.29, 1.82) is 0 Å². The molecular formula is C27H44O4. The lowest BCUT2D eigenvalue weighted by Gasteiger charge is -2.45. The molecule has 3 saturated carbocycles. The largest absolute Gasteiger partial charge is 0.393 e. The van der Waals surface area contributed by atoms with Gasteiger partial charge in [0.15, 0.2) is 0 Å². The summed E-state index contributed by atoms with van der Waals surface area (Å²) < 4.78 is 0. The average molecular weight is 433 g/mol. The number of fused-ring (bicyclic) bond motifs is 1. The van der Waals surface area contributed by atoms with Crippen LogP contribution < -0.4 is 0 Å². The highest BCUT2D eigenvalue weighted by atomic mass is 16.3. The summed E-state index contributed by atoms with van der Waals surface area (Å²) in [5.74, 6) is 1.23. The first-order valence-corrected chi connectivity index (χ1v) is 12.3. The number of hydrogen-bond acceptors (Lipinski definition) is 4. The molecule has 0 aromatic heterocycles. The maximum Gasteiger partial charge on any atom is 0.0811 e. The summed E-state index contributed by atoms with van der Waals surface area (Å²) >= 11 is 0. The third-order valence-corrected chi connectivity index (χ3v) is 8.60. The molecule has 0 spiro atoms. The van der Waals surface area contributed by atoms with Crippen LogP contribution in [0.1, 0.15) is 85.5 Å². The van der Waals surface area contributed by atoms with Crippen LogP contribution in [-0.4, -0.2) is 44.3 Å². The predicted octanol–water partition coefficient (Wildman–Crippen LogP) is 4.68. The van der Waals surface area contributed by atoms with Gasteiger partial charge in [-0.05, 0) is 99.5 Å². The van der Waals surface area contributed by atoms with E-state index in [0.717, 1.165) is 36.8 Å². The number of aliphatic hydroxyl groups is 4. The molecular weight excluding hydrogens is 388 g/mol. The van der Waals surface area contributed by atoms with Crippen LogP contribution in [0.2, 0.25) is 0 Å². The summed E-state index contributed by atoms with van der Waals surface area (Å²) in [5, 5.41) is 41.1. The highest BCUT2D eigenvalue weighted by Gasteiger charge is 2.51. The van der Waals surface area contributed by atoms with E-state index in [4.69, 9.17) is 0 Å². The highest BCUT2D eigenvalue weighted by Crippen LogP contribution is 2.60. The van der Waals surface area contributed by atoms with Gasteiger partial charge in [-0.15, -0.1) is 0 Å². The third kappa shape index (κ3) is 5.52. The van der Waals surface area contributed by atoms with Gasteiger partial charge in [0.2, 0.25) is 0 Å². The van der Waals surface area contributed by atoms with Crippen LogP contribution in [0.25, 0.3) is 0 Å². The van der Waals surface area contributed by atoms with E-state index in [9.17, 15) is 20.4 Å². The molecule has 31 heavy (non-hydrogen) atoms. The summed E-state index contributed by atoms with van der Waals surface area (Å²) in [6.07, 6.45) is 10.8. The molecule has 3 aliphatic carbocycles. The minimum absolute atomic E-state index is 0.195. The Hall–Kier alpha value is -0.940. The van der Waals surface area contributed by atoms with Crippen molar-refractivity contribution in [3.8, 4) is 0 Å². The average Bonchev–Trinajstić information content (AvgIpc) is 3.04. The van der Waals surface area contributed by atoms with Gasteiger partial charge in [0.05, 0.1) is 23.9 Å². The Morgan fingerprint density at radius 3 is 2.61 bits per heavy atom. The molecule has 0 heterocycles. The molecule has 0 radical (unpaired) electrons. The lowest BCUT2D eigenvalue weighted by atomic mass is 9.60. The van der Waals surface area contributed by atoms with Gasteiger partial charge in [-0.1, -0.05) is 38.2 Å².